The van der Waals surface area contributed by atoms with Crippen molar-refractivity contribution in [3.05, 3.63) is 59.2 Å². The number of sulfonamides is 1. The van der Waals surface area contributed by atoms with E-state index in [1.54, 1.807) is 13.0 Å². The number of rotatable bonds is 6. The molecule has 3 rings (SSSR count). The van der Waals surface area contributed by atoms with Crippen molar-refractivity contribution in [2.24, 2.45) is 0 Å². The summed E-state index contributed by atoms with van der Waals surface area (Å²) < 4.78 is 33.1. The second kappa shape index (κ2) is 8.91. The Labute approximate surface area is 170 Å². The van der Waals surface area contributed by atoms with Crippen LogP contribution in [0.1, 0.15) is 21.5 Å². The lowest BCUT2D eigenvalue weighted by molar-refractivity contribution is 0.0698. The molecule has 0 atom stereocenters. The van der Waals surface area contributed by atoms with Crippen LogP contribution in [0.15, 0.2) is 47.4 Å². The fraction of sp³-hybridized carbons (Fsp3) is 0.350. The number of carbonyl (C=O) groups excluding carboxylic acids is 1. The van der Waals surface area contributed by atoms with Gasteiger partial charge in [-0.05, 0) is 24.1 Å². The molecule has 1 aliphatic rings. The van der Waals surface area contributed by atoms with Gasteiger partial charge in [0, 0.05) is 32.7 Å². The third kappa shape index (κ3) is 4.43. The molecule has 2 N–H and O–H groups in total. The smallest absolute Gasteiger partial charge is 0.279 e. The van der Waals surface area contributed by atoms with Crippen LogP contribution in [-0.2, 0) is 16.6 Å². The molecule has 156 valence electrons. The van der Waals surface area contributed by atoms with Crippen LogP contribution in [-0.4, -0.2) is 62.0 Å². The molecule has 0 unspecified atom stereocenters. The number of hydrogen-bond donors (Lipinski definition) is 2. The van der Waals surface area contributed by atoms with E-state index in [4.69, 9.17) is 9.94 Å². The predicted molar refractivity (Wildman–Crippen MR) is 107 cm³/mol. The lowest BCUT2D eigenvalue weighted by atomic mass is 10.1. The summed E-state index contributed by atoms with van der Waals surface area (Å²) >= 11 is 0. The summed E-state index contributed by atoms with van der Waals surface area (Å²) in [5, 5.41) is 9.10. The molecule has 0 radical (unpaired) electrons. The number of piperazine rings is 1. The lowest BCUT2D eigenvalue weighted by Crippen LogP contribution is -2.48. The van der Waals surface area contributed by atoms with Gasteiger partial charge in [0.1, 0.15) is 11.3 Å². The zero-order valence-corrected chi connectivity index (χ0v) is 17.3. The van der Waals surface area contributed by atoms with E-state index in [-0.39, 0.29) is 16.2 Å². The van der Waals surface area contributed by atoms with Gasteiger partial charge in [0.05, 0.1) is 12.0 Å². The first-order valence-electron chi connectivity index (χ1n) is 9.27. The zero-order valence-electron chi connectivity index (χ0n) is 16.5. The number of hydroxylamine groups is 1. The summed E-state index contributed by atoms with van der Waals surface area (Å²) in [7, 11) is -2.58. The van der Waals surface area contributed by atoms with Gasteiger partial charge in [0.25, 0.3) is 5.91 Å². The van der Waals surface area contributed by atoms with Gasteiger partial charge in [0.2, 0.25) is 10.0 Å². The van der Waals surface area contributed by atoms with Crippen molar-refractivity contribution >= 4 is 15.9 Å². The molecule has 1 heterocycles. The van der Waals surface area contributed by atoms with Crippen LogP contribution in [0.25, 0.3) is 0 Å². The maximum Gasteiger partial charge on any atom is 0.279 e. The Kier molecular flexibility index (Phi) is 6.53. The first-order valence-corrected chi connectivity index (χ1v) is 10.7. The van der Waals surface area contributed by atoms with Crippen molar-refractivity contribution in [2.75, 3.05) is 33.3 Å². The topological polar surface area (TPSA) is 99.2 Å². The minimum atomic E-state index is -3.94. The number of ether oxygens (including phenoxy) is 1. The number of methoxy groups -OCH3 is 1. The number of carbonyl (C=O) groups is 1. The molecule has 1 amide bonds. The Morgan fingerprint density at radius 1 is 1.10 bits per heavy atom. The maximum atomic E-state index is 13.3. The Bertz CT molecular complexity index is 971. The Morgan fingerprint density at radius 3 is 2.34 bits per heavy atom. The Balaban J connectivity index is 1.82. The van der Waals surface area contributed by atoms with Crippen LogP contribution in [0.5, 0.6) is 5.75 Å². The number of nitrogens with zero attached hydrogens (tertiary/aromatic N) is 2. The van der Waals surface area contributed by atoms with Gasteiger partial charge in [-0.25, -0.2) is 13.9 Å². The quantitative estimate of drug-likeness (QED) is 0.545. The van der Waals surface area contributed by atoms with Crippen molar-refractivity contribution < 1.29 is 23.2 Å². The number of nitrogens with one attached hydrogen (secondary N) is 1. The monoisotopic (exact) mass is 419 g/mol. The van der Waals surface area contributed by atoms with Crippen LogP contribution >= 0.6 is 0 Å². The Morgan fingerprint density at radius 2 is 1.76 bits per heavy atom. The largest absolute Gasteiger partial charge is 0.496 e. The van der Waals surface area contributed by atoms with Gasteiger partial charge in [0.15, 0.2) is 0 Å². The van der Waals surface area contributed by atoms with Gasteiger partial charge < -0.3 is 4.74 Å². The highest BCUT2D eigenvalue weighted by Gasteiger charge is 2.33. The Hall–Kier alpha value is -2.46. The molecule has 1 saturated heterocycles. The van der Waals surface area contributed by atoms with Crippen LogP contribution in [0.3, 0.4) is 0 Å². The number of aryl methyl sites for hydroxylation is 1. The van der Waals surface area contributed by atoms with Crippen LogP contribution in [0.2, 0.25) is 0 Å². The fourth-order valence-electron chi connectivity index (χ4n) is 3.53. The highest BCUT2D eigenvalue weighted by molar-refractivity contribution is 7.89. The minimum absolute atomic E-state index is 0.125. The van der Waals surface area contributed by atoms with Crippen LogP contribution < -0.4 is 10.2 Å². The molecule has 0 saturated carbocycles. The molecule has 0 bridgehead atoms. The van der Waals surface area contributed by atoms with Crippen LogP contribution in [0, 0.1) is 6.92 Å². The second-order valence-corrected chi connectivity index (χ2v) is 8.80. The zero-order chi connectivity index (χ0) is 21.0. The van der Waals surface area contributed by atoms with E-state index < -0.39 is 15.9 Å². The molecule has 8 nitrogen and oxygen atoms in total. The first kappa shape index (κ1) is 21.3. The first-order chi connectivity index (χ1) is 13.9. The molecule has 9 heteroatoms. The highest BCUT2D eigenvalue weighted by Crippen LogP contribution is 2.31. The molecule has 2 aromatic rings. The minimum Gasteiger partial charge on any atom is -0.496 e. The molecule has 0 aromatic heterocycles. The highest BCUT2D eigenvalue weighted by atomic mass is 32.2. The maximum absolute atomic E-state index is 13.3. The fourth-order valence-corrected chi connectivity index (χ4v) is 5.13. The van der Waals surface area contributed by atoms with E-state index in [1.165, 1.54) is 28.5 Å². The van der Waals surface area contributed by atoms with E-state index in [2.05, 4.69) is 4.90 Å². The SMILES string of the molecule is COc1c(C)ccc(S(=O)(=O)N2CCN(Cc3ccccc3)CC2)c1C(=O)NO. The average Bonchev–Trinajstić information content (AvgIpc) is 2.74. The van der Waals surface area contributed by atoms with Gasteiger partial charge in [-0.2, -0.15) is 4.31 Å². The third-order valence-corrected chi connectivity index (χ3v) is 6.99. The molecule has 29 heavy (non-hydrogen) atoms. The van der Waals surface area contributed by atoms with E-state index in [0.717, 1.165) is 6.54 Å². The van der Waals surface area contributed by atoms with Crippen molar-refractivity contribution in [3.63, 3.8) is 0 Å². The van der Waals surface area contributed by atoms with Crippen molar-refractivity contribution in [3.8, 4) is 5.75 Å². The number of hydrogen-bond acceptors (Lipinski definition) is 6. The van der Waals surface area contributed by atoms with Crippen molar-refractivity contribution in [1.29, 1.82) is 0 Å². The molecular formula is C20H25N3O5S. The molecule has 2 aromatic carbocycles. The van der Waals surface area contributed by atoms with Gasteiger partial charge >= 0.3 is 0 Å². The standard InChI is InChI=1S/C20H25N3O5S/c1-15-8-9-17(18(19(15)28-2)20(24)21-25)29(26,27)23-12-10-22(11-13-23)14-16-6-4-3-5-7-16/h3-9,25H,10-14H2,1-2H3,(H,21,24). The van der Waals surface area contributed by atoms with Crippen molar-refractivity contribution in [2.45, 2.75) is 18.4 Å². The van der Waals surface area contributed by atoms with E-state index in [9.17, 15) is 13.2 Å². The molecule has 0 spiro atoms. The summed E-state index contributed by atoms with van der Waals surface area (Å²) in [5.74, 6) is -0.799. The average molecular weight is 420 g/mol. The summed E-state index contributed by atoms with van der Waals surface area (Å²) in [6, 6.07) is 13.0. The van der Waals surface area contributed by atoms with Gasteiger partial charge in [-0.3, -0.25) is 14.9 Å². The normalized spacial score (nSPS) is 15.8. The van der Waals surface area contributed by atoms with Gasteiger partial charge in [-0.15, -0.1) is 0 Å². The summed E-state index contributed by atoms with van der Waals surface area (Å²) in [4.78, 5) is 14.2. The van der Waals surface area contributed by atoms with E-state index in [1.807, 2.05) is 30.3 Å². The lowest BCUT2D eigenvalue weighted by Gasteiger charge is -2.34. The van der Waals surface area contributed by atoms with E-state index in [0.29, 0.717) is 31.7 Å². The van der Waals surface area contributed by atoms with E-state index >= 15 is 0 Å². The summed E-state index contributed by atoms with van der Waals surface area (Å²) in [6.45, 7) is 4.24. The molecular weight excluding hydrogens is 394 g/mol. The molecule has 0 aliphatic carbocycles. The van der Waals surface area contributed by atoms with Gasteiger partial charge in [-0.1, -0.05) is 36.4 Å². The van der Waals surface area contributed by atoms with Crippen LogP contribution in [0.4, 0.5) is 0 Å². The summed E-state index contributed by atoms with van der Waals surface area (Å²) in [5.41, 5.74) is 3.10. The number of amides is 1. The second-order valence-electron chi connectivity index (χ2n) is 6.90. The number of benzene rings is 2. The molecule has 1 fully saturated rings. The summed E-state index contributed by atoms with van der Waals surface area (Å²) in [6.07, 6.45) is 0. The molecule has 1 aliphatic heterocycles. The van der Waals surface area contributed by atoms with Crippen molar-refractivity contribution in [1.82, 2.24) is 14.7 Å². The third-order valence-electron chi connectivity index (χ3n) is 5.05. The predicted octanol–water partition coefficient (Wildman–Crippen LogP) is 1.63.